The maximum absolute atomic E-state index is 5.92. The molecule has 0 bridgehead atoms. The summed E-state index contributed by atoms with van der Waals surface area (Å²) in [4.78, 5) is 0.990. The maximum atomic E-state index is 5.92. The van der Waals surface area contributed by atoms with Crippen LogP contribution < -0.4 is 11.3 Å². The zero-order chi connectivity index (χ0) is 15.0. The molecule has 1 aromatic carbocycles. The van der Waals surface area contributed by atoms with Gasteiger partial charge in [-0.2, -0.15) is 0 Å². The summed E-state index contributed by atoms with van der Waals surface area (Å²) in [6, 6.07) is 9.67. The SMILES string of the molecule is CC(C)(C)c1nnsc1C(NN)c1cc2ccccc2o1. The Balaban J connectivity index is 2.08. The molecule has 6 heteroatoms. The number of rotatable bonds is 3. The van der Waals surface area contributed by atoms with E-state index in [1.165, 1.54) is 11.5 Å². The molecular formula is C15H18N4OS. The summed E-state index contributed by atoms with van der Waals surface area (Å²) in [6.45, 7) is 6.33. The normalized spacial score (nSPS) is 13.7. The lowest BCUT2D eigenvalue weighted by Gasteiger charge is -2.20. The highest BCUT2D eigenvalue weighted by atomic mass is 32.1. The first-order valence-corrected chi connectivity index (χ1v) is 7.55. The van der Waals surface area contributed by atoms with Crippen LogP contribution in [0.5, 0.6) is 0 Å². The van der Waals surface area contributed by atoms with Gasteiger partial charge in [-0.05, 0) is 23.7 Å². The third-order valence-corrected chi connectivity index (χ3v) is 4.17. The summed E-state index contributed by atoms with van der Waals surface area (Å²) >= 11 is 1.35. The van der Waals surface area contributed by atoms with E-state index in [0.29, 0.717) is 0 Å². The highest BCUT2D eigenvalue weighted by Crippen LogP contribution is 2.35. The number of furan rings is 1. The summed E-state index contributed by atoms with van der Waals surface area (Å²) in [5, 5.41) is 5.32. The molecule has 0 radical (unpaired) electrons. The smallest absolute Gasteiger partial charge is 0.134 e. The van der Waals surface area contributed by atoms with E-state index < -0.39 is 0 Å². The molecule has 21 heavy (non-hydrogen) atoms. The van der Waals surface area contributed by atoms with E-state index in [1.807, 2.05) is 30.3 Å². The molecule has 0 fully saturated rings. The van der Waals surface area contributed by atoms with Crippen molar-refractivity contribution in [1.29, 1.82) is 0 Å². The average Bonchev–Trinajstić information content (AvgIpc) is 3.05. The topological polar surface area (TPSA) is 77.0 Å². The second-order valence-corrected chi connectivity index (χ2v) is 6.81. The number of fused-ring (bicyclic) bond motifs is 1. The van der Waals surface area contributed by atoms with Gasteiger partial charge in [0.2, 0.25) is 0 Å². The minimum Gasteiger partial charge on any atom is -0.459 e. The van der Waals surface area contributed by atoms with Crippen LogP contribution in [0.4, 0.5) is 0 Å². The van der Waals surface area contributed by atoms with Crippen LogP contribution in [-0.2, 0) is 5.41 Å². The zero-order valence-electron chi connectivity index (χ0n) is 12.3. The van der Waals surface area contributed by atoms with Crippen molar-refractivity contribution in [3.8, 4) is 0 Å². The summed E-state index contributed by atoms with van der Waals surface area (Å²) in [7, 11) is 0. The maximum Gasteiger partial charge on any atom is 0.134 e. The fraction of sp³-hybridized carbons (Fsp3) is 0.333. The Bertz CT molecular complexity index is 723. The van der Waals surface area contributed by atoms with E-state index in [-0.39, 0.29) is 11.5 Å². The standard InChI is InChI=1S/C15H18N4OS/c1-15(2,3)14-13(21-19-18-14)12(17-16)11-8-9-6-4-5-7-10(9)20-11/h4-8,12,17H,16H2,1-3H3. The van der Waals surface area contributed by atoms with Crippen molar-refractivity contribution in [2.75, 3.05) is 0 Å². The molecule has 0 saturated carbocycles. The van der Waals surface area contributed by atoms with Crippen molar-refractivity contribution in [3.63, 3.8) is 0 Å². The van der Waals surface area contributed by atoms with E-state index >= 15 is 0 Å². The number of nitrogens with two attached hydrogens (primary N) is 1. The summed E-state index contributed by atoms with van der Waals surface area (Å²) < 4.78 is 10.0. The Hall–Kier alpha value is -1.76. The number of hydrogen-bond donors (Lipinski definition) is 2. The molecule has 3 rings (SSSR count). The van der Waals surface area contributed by atoms with Crippen LogP contribution in [0, 0.1) is 0 Å². The number of hydrogen-bond acceptors (Lipinski definition) is 6. The number of nitrogens with zero attached hydrogens (tertiary/aromatic N) is 2. The van der Waals surface area contributed by atoms with Gasteiger partial charge in [0.1, 0.15) is 17.4 Å². The van der Waals surface area contributed by atoms with Crippen molar-refractivity contribution in [1.82, 2.24) is 15.0 Å². The molecular weight excluding hydrogens is 284 g/mol. The van der Waals surface area contributed by atoms with Crippen molar-refractivity contribution >= 4 is 22.5 Å². The lowest BCUT2D eigenvalue weighted by Crippen LogP contribution is -2.30. The number of benzene rings is 1. The molecule has 110 valence electrons. The quantitative estimate of drug-likeness (QED) is 0.574. The summed E-state index contributed by atoms with van der Waals surface area (Å²) in [5.74, 6) is 6.54. The molecule has 0 aliphatic rings. The van der Waals surface area contributed by atoms with Gasteiger partial charge in [0.25, 0.3) is 0 Å². The van der Waals surface area contributed by atoms with Crippen LogP contribution in [0.2, 0.25) is 0 Å². The molecule has 1 unspecified atom stereocenters. The number of nitrogens with one attached hydrogen (secondary N) is 1. The molecule has 2 aromatic heterocycles. The van der Waals surface area contributed by atoms with E-state index in [0.717, 1.165) is 27.3 Å². The van der Waals surface area contributed by atoms with Gasteiger partial charge in [-0.15, -0.1) is 5.10 Å². The first-order valence-electron chi connectivity index (χ1n) is 6.78. The van der Waals surface area contributed by atoms with Gasteiger partial charge in [-0.3, -0.25) is 5.84 Å². The van der Waals surface area contributed by atoms with Crippen LogP contribution >= 0.6 is 11.5 Å². The van der Waals surface area contributed by atoms with Crippen LogP contribution in [0.1, 0.15) is 43.1 Å². The Labute approximate surface area is 127 Å². The summed E-state index contributed by atoms with van der Waals surface area (Å²) in [5.41, 5.74) is 4.53. The number of hydrazine groups is 1. The predicted octanol–water partition coefficient (Wildman–Crippen LogP) is 3.13. The van der Waals surface area contributed by atoms with Gasteiger partial charge < -0.3 is 4.42 Å². The van der Waals surface area contributed by atoms with E-state index in [4.69, 9.17) is 10.3 Å². The number of para-hydroxylation sites is 1. The zero-order valence-corrected chi connectivity index (χ0v) is 13.1. The lowest BCUT2D eigenvalue weighted by molar-refractivity contribution is 0.470. The predicted molar refractivity (Wildman–Crippen MR) is 84.0 cm³/mol. The minimum atomic E-state index is -0.244. The van der Waals surface area contributed by atoms with Crippen LogP contribution in [-0.4, -0.2) is 9.59 Å². The Kier molecular flexibility index (Phi) is 3.52. The molecule has 0 aliphatic heterocycles. The van der Waals surface area contributed by atoms with Crippen LogP contribution in [0.25, 0.3) is 11.0 Å². The molecule has 2 heterocycles. The summed E-state index contributed by atoms with van der Waals surface area (Å²) in [6.07, 6.45) is 0. The van der Waals surface area contributed by atoms with Crippen molar-refractivity contribution < 1.29 is 4.42 Å². The van der Waals surface area contributed by atoms with Crippen LogP contribution in [0.15, 0.2) is 34.7 Å². The monoisotopic (exact) mass is 302 g/mol. The molecule has 0 saturated heterocycles. The highest BCUT2D eigenvalue weighted by molar-refractivity contribution is 7.05. The second-order valence-electron chi connectivity index (χ2n) is 6.02. The largest absolute Gasteiger partial charge is 0.459 e. The van der Waals surface area contributed by atoms with Crippen molar-refractivity contribution in [3.05, 3.63) is 46.7 Å². The minimum absolute atomic E-state index is 0.0938. The fourth-order valence-electron chi connectivity index (χ4n) is 2.34. The van der Waals surface area contributed by atoms with E-state index in [1.54, 1.807) is 0 Å². The van der Waals surface area contributed by atoms with Crippen molar-refractivity contribution in [2.45, 2.75) is 32.2 Å². The van der Waals surface area contributed by atoms with Gasteiger partial charge in [-0.1, -0.05) is 43.5 Å². The lowest BCUT2D eigenvalue weighted by atomic mass is 9.90. The highest BCUT2D eigenvalue weighted by Gasteiger charge is 2.29. The third kappa shape index (κ3) is 2.57. The molecule has 3 aromatic rings. The van der Waals surface area contributed by atoms with E-state index in [9.17, 15) is 0 Å². The molecule has 1 atom stereocenters. The van der Waals surface area contributed by atoms with E-state index in [2.05, 4.69) is 35.8 Å². The average molecular weight is 302 g/mol. The van der Waals surface area contributed by atoms with Gasteiger partial charge in [-0.25, -0.2) is 5.43 Å². The molecule has 0 spiro atoms. The number of aromatic nitrogens is 2. The Morgan fingerprint density at radius 3 is 2.71 bits per heavy atom. The molecule has 5 nitrogen and oxygen atoms in total. The first-order chi connectivity index (χ1) is 10.0. The fourth-order valence-corrected chi connectivity index (χ4v) is 3.27. The Morgan fingerprint density at radius 2 is 2.05 bits per heavy atom. The van der Waals surface area contributed by atoms with Gasteiger partial charge in [0, 0.05) is 10.8 Å². The van der Waals surface area contributed by atoms with Crippen molar-refractivity contribution in [2.24, 2.45) is 5.84 Å². The first kappa shape index (κ1) is 14.2. The second kappa shape index (κ2) is 5.22. The van der Waals surface area contributed by atoms with Gasteiger partial charge in [0.05, 0.1) is 10.6 Å². The van der Waals surface area contributed by atoms with Gasteiger partial charge >= 0.3 is 0 Å². The van der Waals surface area contributed by atoms with Gasteiger partial charge in [0.15, 0.2) is 0 Å². The van der Waals surface area contributed by atoms with Crippen LogP contribution in [0.3, 0.4) is 0 Å². The molecule has 3 N–H and O–H groups in total. The third-order valence-electron chi connectivity index (χ3n) is 3.38. The molecule has 0 amide bonds. The molecule has 0 aliphatic carbocycles. The Morgan fingerprint density at radius 1 is 1.29 bits per heavy atom.